The molecule has 0 spiro atoms. The van der Waals surface area contributed by atoms with Crippen LogP contribution in [0.25, 0.3) is 11.0 Å². The molecule has 0 fully saturated rings. The van der Waals surface area contributed by atoms with E-state index in [4.69, 9.17) is 19.4 Å². The van der Waals surface area contributed by atoms with Gasteiger partial charge in [0.1, 0.15) is 12.2 Å². The molecule has 0 unspecified atom stereocenters. The standard InChI is InChI=1S/C17H15NO11/c19-13(20)6-11(16(24)25)18(28-8-14(21)22)17(26)27-7-9-5-15(23)29-12-4-2-1-3-10(9)12/h1-5,11H,6-8H2,(H,19,20)(H,21,22)(H,24,25)/t11-/m0/s1. The summed E-state index contributed by atoms with van der Waals surface area (Å²) in [6.45, 7) is -1.63. The number of hydroxylamine groups is 2. The van der Waals surface area contributed by atoms with Gasteiger partial charge in [-0.1, -0.05) is 18.2 Å². The predicted molar refractivity (Wildman–Crippen MR) is 91.8 cm³/mol. The average Bonchev–Trinajstić information content (AvgIpc) is 2.64. The molecule has 2 rings (SSSR count). The first kappa shape index (κ1) is 21.4. The van der Waals surface area contributed by atoms with Gasteiger partial charge >= 0.3 is 29.6 Å². The Morgan fingerprint density at radius 1 is 1.07 bits per heavy atom. The predicted octanol–water partition coefficient (Wildman–Crippen LogP) is 0.676. The van der Waals surface area contributed by atoms with Crippen molar-refractivity contribution >= 4 is 35.0 Å². The van der Waals surface area contributed by atoms with Gasteiger partial charge in [-0.3, -0.25) is 9.63 Å². The normalized spacial score (nSPS) is 11.6. The van der Waals surface area contributed by atoms with Gasteiger partial charge in [0.2, 0.25) is 0 Å². The van der Waals surface area contributed by atoms with Crippen LogP contribution in [-0.2, 0) is 30.6 Å². The Balaban J connectivity index is 2.25. The lowest BCUT2D eigenvalue weighted by Crippen LogP contribution is -2.47. The van der Waals surface area contributed by atoms with Crippen molar-refractivity contribution in [2.75, 3.05) is 6.61 Å². The lowest BCUT2D eigenvalue weighted by molar-refractivity contribution is -0.194. The Kier molecular flexibility index (Phi) is 6.87. The maximum atomic E-state index is 12.3. The van der Waals surface area contributed by atoms with Gasteiger partial charge in [0.05, 0.1) is 6.42 Å². The second kappa shape index (κ2) is 9.32. The molecular formula is C17H15NO11. The third kappa shape index (κ3) is 5.77. The van der Waals surface area contributed by atoms with Crippen LogP contribution in [0, 0.1) is 0 Å². The molecule has 0 radical (unpaired) electrons. The van der Waals surface area contributed by atoms with E-state index >= 15 is 0 Å². The van der Waals surface area contributed by atoms with Crippen molar-refractivity contribution in [3.63, 3.8) is 0 Å². The van der Waals surface area contributed by atoms with Crippen LogP contribution in [0.1, 0.15) is 12.0 Å². The van der Waals surface area contributed by atoms with Crippen LogP contribution in [0.3, 0.4) is 0 Å². The first-order valence-electron chi connectivity index (χ1n) is 7.96. The Labute approximate surface area is 161 Å². The highest BCUT2D eigenvalue weighted by molar-refractivity contribution is 5.84. The van der Waals surface area contributed by atoms with Crippen LogP contribution < -0.4 is 5.63 Å². The molecule has 0 aliphatic rings. The number of carboxylic acids is 3. The Morgan fingerprint density at radius 2 is 1.76 bits per heavy atom. The number of fused-ring (bicyclic) bond motifs is 1. The second-order valence-electron chi connectivity index (χ2n) is 5.59. The van der Waals surface area contributed by atoms with Crippen LogP contribution in [0.4, 0.5) is 4.79 Å². The summed E-state index contributed by atoms with van der Waals surface area (Å²) in [6.07, 6.45) is -2.51. The van der Waals surface area contributed by atoms with Gasteiger partial charge in [-0.05, 0) is 6.07 Å². The maximum Gasteiger partial charge on any atom is 0.435 e. The second-order valence-corrected chi connectivity index (χ2v) is 5.59. The van der Waals surface area contributed by atoms with Crippen molar-refractivity contribution in [1.82, 2.24) is 5.06 Å². The van der Waals surface area contributed by atoms with Gasteiger partial charge in [0, 0.05) is 17.0 Å². The molecular weight excluding hydrogens is 394 g/mol. The summed E-state index contributed by atoms with van der Waals surface area (Å²) < 4.78 is 9.93. The van der Waals surface area contributed by atoms with Gasteiger partial charge < -0.3 is 24.5 Å². The monoisotopic (exact) mass is 409 g/mol. The van der Waals surface area contributed by atoms with Crippen molar-refractivity contribution < 1.29 is 48.5 Å². The molecule has 0 saturated heterocycles. The summed E-state index contributed by atoms with van der Waals surface area (Å²) in [5.74, 6) is -4.85. The molecule has 29 heavy (non-hydrogen) atoms. The molecule has 1 amide bonds. The minimum Gasteiger partial charge on any atom is -0.481 e. The molecule has 0 saturated carbocycles. The van der Waals surface area contributed by atoms with Crippen LogP contribution in [-0.4, -0.2) is 57.0 Å². The SMILES string of the molecule is O=C(O)CON(C(=O)OCc1cc(=O)oc2ccccc12)[C@@H](CC(=O)O)C(=O)O. The third-order valence-electron chi connectivity index (χ3n) is 3.53. The number of carbonyl (C=O) groups is 4. The van der Waals surface area contributed by atoms with E-state index in [2.05, 4.69) is 4.84 Å². The minimum atomic E-state index is -2.04. The van der Waals surface area contributed by atoms with Crippen LogP contribution in [0.2, 0.25) is 0 Å². The molecule has 0 aliphatic carbocycles. The van der Waals surface area contributed by atoms with E-state index in [1.165, 1.54) is 6.07 Å². The fourth-order valence-electron chi connectivity index (χ4n) is 2.33. The van der Waals surface area contributed by atoms with Gasteiger partial charge in [0.25, 0.3) is 0 Å². The van der Waals surface area contributed by atoms with Crippen molar-refractivity contribution in [1.29, 1.82) is 0 Å². The summed E-state index contributed by atoms with van der Waals surface area (Å²) in [5.41, 5.74) is -0.268. The fourth-order valence-corrected chi connectivity index (χ4v) is 2.33. The van der Waals surface area contributed by atoms with Gasteiger partial charge in [0.15, 0.2) is 12.6 Å². The van der Waals surface area contributed by atoms with Crippen molar-refractivity contribution in [3.05, 3.63) is 46.3 Å². The van der Waals surface area contributed by atoms with Gasteiger partial charge in [-0.15, -0.1) is 0 Å². The highest BCUT2D eigenvalue weighted by Gasteiger charge is 2.35. The summed E-state index contributed by atoms with van der Waals surface area (Å²) in [7, 11) is 0. The minimum absolute atomic E-state index is 0.0260. The summed E-state index contributed by atoms with van der Waals surface area (Å²) in [6, 6.07) is 5.37. The van der Waals surface area contributed by atoms with Gasteiger partial charge in [-0.2, -0.15) is 5.06 Å². The number of carbonyl (C=O) groups excluding carboxylic acids is 1. The van der Waals surface area contributed by atoms with E-state index < -0.39 is 55.3 Å². The zero-order valence-corrected chi connectivity index (χ0v) is 14.6. The molecule has 1 atom stereocenters. The molecule has 0 aliphatic heterocycles. The smallest absolute Gasteiger partial charge is 0.435 e. The van der Waals surface area contributed by atoms with Crippen LogP contribution in [0.15, 0.2) is 39.5 Å². The quantitative estimate of drug-likeness (QED) is 0.391. The molecule has 12 heteroatoms. The van der Waals surface area contributed by atoms with Crippen molar-refractivity contribution in [2.45, 2.75) is 19.1 Å². The number of carboxylic acid groups (broad SMARTS) is 3. The number of amides is 1. The van der Waals surface area contributed by atoms with Crippen molar-refractivity contribution in [3.8, 4) is 0 Å². The zero-order chi connectivity index (χ0) is 21.6. The van der Waals surface area contributed by atoms with Gasteiger partial charge in [-0.25, -0.2) is 19.2 Å². The van der Waals surface area contributed by atoms with E-state index in [1.54, 1.807) is 18.2 Å². The topological polar surface area (TPSA) is 181 Å². The van der Waals surface area contributed by atoms with Crippen molar-refractivity contribution in [2.24, 2.45) is 0 Å². The van der Waals surface area contributed by atoms with Crippen LogP contribution in [0.5, 0.6) is 0 Å². The highest BCUT2D eigenvalue weighted by atomic mass is 16.7. The Morgan fingerprint density at radius 3 is 2.38 bits per heavy atom. The number of aliphatic carboxylic acids is 3. The number of benzene rings is 1. The largest absolute Gasteiger partial charge is 0.481 e. The third-order valence-corrected chi connectivity index (χ3v) is 3.53. The van der Waals surface area contributed by atoms with E-state index in [1.807, 2.05) is 0 Å². The van der Waals surface area contributed by atoms with Crippen LogP contribution >= 0.6 is 0 Å². The lowest BCUT2D eigenvalue weighted by Gasteiger charge is -2.25. The molecule has 1 aromatic heterocycles. The lowest BCUT2D eigenvalue weighted by atomic mass is 10.1. The van der Waals surface area contributed by atoms with E-state index in [-0.39, 0.29) is 16.2 Å². The fraction of sp³-hybridized carbons (Fsp3) is 0.235. The maximum absolute atomic E-state index is 12.3. The number of para-hydroxylation sites is 1. The average molecular weight is 409 g/mol. The Hall–Kier alpha value is -3.93. The number of rotatable bonds is 9. The molecule has 0 bridgehead atoms. The molecule has 1 aromatic carbocycles. The first-order valence-corrected chi connectivity index (χ1v) is 7.96. The summed E-state index contributed by atoms with van der Waals surface area (Å²) >= 11 is 0. The number of nitrogens with zero attached hydrogens (tertiary/aromatic N) is 1. The molecule has 2 aromatic rings. The molecule has 3 N–H and O–H groups in total. The van der Waals surface area contributed by atoms with E-state index in [9.17, 15) is 29.1 Å². The molecule has 12 nitrogen and oxygen atoms in total. The number of hydrogen-bond acceptors (Lipinski definition) is 8. The zero-order valence-electron chi connectivity index (χ0n) is 14.6. The highest BCUT2D eigenvalue weighted by Crippen LogP contribution is 2.18. The molecule has 1 heterocycles. The number of hydrogen-bond donors (Lipinski definition) is 3. The molecule has 154 valence electrons. The Bertz CT molecular complexity index is 996. The van der Waals surface area contributed by atoms with E-state index in [0.717, 1.165) is 6.07 Å². The summed E-state index contributed by atoms with van der Waals surface area (Å²) in [5, 5.41) is 27.2. The van der Waals surface area contributed by atoms with E-state index in [0.29, 0.717) is 5.39 Å². The first-order chi connectivity index (χ1) is 13.7. The number of ether oxygens (including phenoxy) is 1. The summed E-state index contributed by atoms with van der Waals surface area (Å²) in [4.78, 5) is 61.5.